The second kappa shape index (κ2) is 6.03. The van der Waals surface area contributed by atoms with Crippen molar-refractivity contribution in [2.24, 2.45) is 11.8 Å². The Morgan fingerprint density at radius 2 is 2.12 bits per heavy atom. The highest BCUT2D eigenvalue weighted by molar-refractivity contribution is 5.87. The fourth-order valence-electron chi connectivity index (χ4n) is 4.50. The molecule has 25 heavy (non-hydrogen) atoms. The van der Waals surface area contributed by atoms with Gasteiger partial charge in [0.25, 0.3) is 0 Å². The van der Waals surface area contributed by atoms with E-state index in [1.165, 1.54) is 0 Å². The SMILES string of the molecule is CC(=O)N1CC2CCC(Nc3nc4ccccc4c(C)c3C#N)C2C1. The second-order valence-corrected chi connectivity index (χ2v) is 7.27. The van der Waals surface area contributed by atoms with E-state index in [-0.39, 0.29) is 11.9 Å². The van der Waals surface area contributed by atoms with E-state index in [0.717, 1.165) is 42.4 Å². The predicted octanol–water partition coefficient (Wildman–Crippen LogP) is 3.08. The lowest BCUT2D eigenvalue weighted by atomic mass is 9.97. The summed E-state index contributed by atoms with van der Waals surface area (Å²) in [4.78, 5) is 18.4. The number of hydrogen-bond donors (Lipinski definition) is 1. The number of likely N-dealkylation sites (tertiary alicyclic amines) is 1. The van der Waals surface area contributed by atoms with E-state index in [1.807, 2.05) is 36.1 Å². The summed E-state index contributed by atoms with van der Waals surface area (Å²) in [5.74, 6) is 1.86. The number of fused-ring (bicyclic) bond motifs is 2. The Bertz CT molecular complexity index is 885. The van der Waals surface area contributed by atoms with Crippen LogP contribution in [0.15, 0.2) is 24.3 Å². The molecule has 0 radical (unpaired) electrons. The van der Waals surface area contributed by atoms with Crippen molar-refractivity contribution in [3.63, 3.8) is 0 Å². The lowest BCUT2D eigenvalue weighted by molar-refractivity contribution is -0.128. The summed E-state index contributed by atoms with van der Waals surface area (Å²) in [7, 11) is 0. The first-order valence-electron chi connectivity index (χ1n) is 8.90. The molecule has 1 saturated carbocycles. The molecule has 5 nitrogen and oxygen atoms in total. The van der Waals surface area contributed by atoms with E-state index in [1.54, 1.807) is 6.92 Å². The molecule has 2 aliphatic rings. The number of pyridine rings is 1. The van der Waals surface area contributed by atoms with Gasteiger partial charge in [0.2, 0.25) is 5.91 Å². The van der Waals surface area contributed by atoms with Crippen molar-refractivity contribution >= 4 is 22.6 Å². The second-order valence-electron chi connectivity index (χ2n) is 7.27. The van der Waals surface area contributed by atoms with Crippen molar-refractivity contribution in [3.8, 4) is 6.07 Å². The number of nitriles is 1. The van der Waals surface area contributed by atoms with Crippen LogP contribution in [0.3, 0.4) is 0 Å². The molecule has 1 aromatic carbocycles. The number of carbonyl (C=O) groups is 1. The fraction of sp³-hybridized carbons (Fsp3) is 0.450. The molecule has 3 atom stereocenters. The van der Waals surface area contributed by atoms with Crippen molar-refractivity contribution in [2.75, 3.05) is 18.4 Å². The first-order chi connectivity index (χ1) is 12.1. The molecule has 2 fully saturated rings. The molecule has 1 saturated heterocycles. The van der Waals surface area contributed by atoms with Crippen LogP contribution < -0.4 is 5.32 Å². The highest BCUT2D eigenvalue weighted by Gasteiger charge is 2.43. The van der Waals surface area contributed by atoms with Crippen LogP contribution in [0.1, 0.15) is 30.9 Å². The Balaban J connectivity index is 1.65. The van der Waals surface area contributed by atoms with Crippen LogP contribution in [0, 0.1) is 30.1 Å². The number of amides is 1. The quantitative estimate of drug-likeness (QED) is 0.916. The number of benzene rings is 1. The largest absolute Gasteiger partial charge is 0.366 e. The zero-order valence-electron chi connectivity index (χ0n) is 14.6. The number of rotatable bonds is 2. The van der Waals surface area contributed by atoms with E-state index in [4.69, 9.17) is 4.98 Å². The van der Waals surface area contributed by atoms with Gasteiger partial charge in [0.1, 0.15) is 11.9 Å². The molecule has 4 rings (SSSR count). The Kier molecular flexibility index (Phi) is 3.84. The first kappa shape index (κ1) is 15.9. The number of aryl methyl sites for hydroxylation is 1. The zero-order chi connectivity index (χ0) is 17.6. The van der Waals surface area contributed by atoms with Crippen LogP contribution >= 0.6 is 0 Å². The fourth-order valence-corrected chi connectivity index (χ4v) is 4.50. The van der Waals surface area contributed by atoms with Gasteiger partial charge < -0.3 is 10.2 Å². The van der Waals surface area contributed by atoms with Crippen LogP contribution in [0.25, 0.3) is 10.9 Å². The molecular formula is C20H22N4O. The maximum absolute atomic E-state index is 11.7. The smallest absolute Gasteiger partial charge is 0.219 e. The van der Waals surface area contributed by atoms with Gasteiger partial charge in [-0.3, -0.25) is 4.79 Å². The highest BCUT2D eigenvalue weighted by atomic mass is 16.2. The van der Waals surface area contributed by atoms with E-state index in [9.17, 15) is 10.1 Å². The minimum Gasteiger partial charge on any atom is -0.366 e. The number of hydrogen-bond acceptors (Lipinski definition) is 4. The van der Waals surface area contributed by atoms with Crippen LogP contribution in [0.5, 0.6) is 0 Å². The van der Waals surface area contributed by atoms with Gasteiger partial charge in [-0.2, -0.15) is 5.26 Å². The third-order valence-corrected chi connectivity index (χ3v) is 5.89. The average molecular weight is 334 g/mol. The summed E-state index contributed by atoms with van der Waals surface area (Å²) in [6.45, 7) is 5.31. The number of aromatic nitrogens is 1. The minimum atomic E-state index is 0.158. The van der Waals surface area contributed by atoms with Gasteiger partial charge in [0.05, 0.1) is 11.1 Å². The zero-order valence-corrected chi connectivity index (χ0v) is 14.6. The van der Waals surface area contributed by atoms with Gasteiger partial charge in [-0.25, -0.2) is 4.98 Å². The summed E-state index contributed by atoms with van der Waals surface area (Å²) in [5.41, 5.74) is 2.51. The van der Waals surface area contributed by atoms with Crippen molar-refractivity contribution in [3.05, 3.63) is 35.4 Å². The monoisotopic (exact) mass is 334 g/mol. The van der Waals surface area contributed by atoms with Gasteiger partial charge in [-0.1, -0.05) is 18.2 Å². The van der Waals surface area contributed by atoms with E-state index in [2.05, 4.69) is 11.4 Å². The molecule has 2 heterocycles. The van der Waals surface area contributed by atoms with Crippen LogP contribution in [0.2, 0.25) is 0 Å². The molecule has 0 spiro atoms. The number of nitrogens with one attached hydrogen (secondary N) is 1. The summed E-state index contributed by atoms with van der Waals surface area (Å²) in [6.07, 6.45) is 2.19. The normalized spacial score (nSPS) is 25.0. The minimum absolute atomic E-state index is 0.158. The summed E-state index contributed by atoms with van der Waals surface area (Å²) in [6, 6.07) is 10.5. The molecule has 1 aromatic heterocycles. The maximum atomic E-state index is 11.7. The predicted molar refractivity (Wildman–Crippen MR) is 97.1 cm³/mol. The molecule has 1 aliphatic heterocycles. The molecule has 1 amide bonds. The third-order valence-electron chi connectivity index (χ3n) is 5.89. The highest BCUT2D eigenvalue weighted by Crippen LogP contribution is 2.40. The van der Waals surface area contributed by atoms with Crippen molar-refractivity contribution < 1.29 is 4.79 Å². The van der Waals surface area contributed by atoms with Crippen LogP contribution in [-0.4, -0.2) is 34.9 Å². The van der Waals surface area contributed by atoms with Crippen LogP contribution in [0.4, 0.5) is 5.82 Å². The first-order valence-corrected chi connectivity index (χ1v) is 8.90. The van der Waals surface area contributed by atoms with Crippen molar-refractivity contribution in [1.82, 2.24) is 9.88 Å². The Morgan fingerprint density at radius 1 is 1.32 bits per heavy atom. The third kappa shape index (κ3) is 2.62. The molecule has 1 aliphatic carbocycles. The summed E-state index contributed by atoms with van der Waals surface area (Å²) >= 11 is 0. The molecular weight excluding hydrogens is 312 g/mol. The number of para-hydroxylation sites is 1. The average Bonchev–Trinajstić information content (AvgIpc) is 3.17. The summed E-state index contributed by atoms with van der Waals surface area (Å²) in [5, 5.41) is 14.2. The molecule has 128 valence electrons. The Hall–Kier alpha value is -2.61. The molecule has 0 bridgehead atoms. The Labute approximate surface area is 147 Å². The van der Waals surface area contributed by atoms with Crippen LogP contribution in [-0.2, 0) is 4.79 Å². The number of carbonyl (C=O) groups excluding carboxylic acids is 1. The Morgan fingerprint density at radius 3 is 2.88 bits per heavy atom. The molecule has 2 aromatic rings. The topological polar surface area (TPSA) is 69.0 Å². The molecule has 3 unspecified atom stereocenters. The van der Waals surface area contributed by atoms with Gasteiger partial charge in [0.15, 0.2) is 0 Å². The summed E-state index contributed by atoms with van der Waals surface area (Å²) < 4.78 is 0. The molecule has 1 N–H and O–H groups in total. The van der Waals surface area contributed by atoms with Crippen molar-refractivity contribution in [1.29, 1.82) is 5.26 Å². The standard InChI is InChI=1S/C20H22N4O/c1-12-15-5-3-4-6-18(15)22-20(16(12)9-21)23-19-8-7-14-10-24(13(2)25)11-17(14)19/h3-6,14,17,19H,7-8,10-11H2,1-2H3,(H,22,23). The lowest BCUT2D eigenvalue weighted by Crippen LogP contribution is -2.32. The number of nitrogens with zero attached hydrogens (tertiary/aromatic N) is 3. The van der Waals surface area contributed by atoms with Gasteiger partial charge in [0, 0.05) is 37.4 Å². The van der Waals surface area contributed by atoms with E-state index < -0.39 is 0 Å². The van der Waals surface area contributed by atoms with Crippen molar-refractivity contribution in [2.45, 2.75) is 32.7 Å². The van der Waals surface area contributed by atoms with Gasteiger partial charge in [-0.15, -0.1) is 0 Å². The van der Waals surface area contributed by atoms with Gasteiger partial charge in [-0.05, 0) is 37.3 Å². The molecule has 5 heteroatoms. The lowest BCUT2D eigenvalue weighted by Gasteiger charge is -2.23. The maximum Gasteiger partial charge on any atom is 0.219 e. The number of anilines is 1. The van der Waals surface area contributed by atoms with E-state index in [0.29, 0.717) is 23.2 Å². The van der Waals surface area contributed by atoms with Gasteiger partial charge >= 0.3 is 0 Å². The van der Waals surface area contributed by atoms with E-state index >= 15 is 0 Å².